The van der Waals surface area contributed by atoms with Crippen molar-refractivity contribution in [2.45, 2.75) is 38.5 Å². The van der Waals surface area contributed by atoms with Crippen molar-refractivity contribution >= 4 is 15.9 Å². The largest absolute Gasteiger partial charge is 0.486 e. The number of rotatable bonds is 6. The van der Waals surface area contributed by atoms with Crippen LogP contribution in [0.2, 0.25) is 0 Å². The van der Waals surface area contributed by atoms with Gasteiger partial charge in [0.05, 0.1) is 11.8 Å². The minimum Gasteiger partial charge on any atom is -0.486 e. The Bertz CT molecular complexity index is 1080. The second-order valence-corrected chi connectivity index (χ2v) is 10.5. The second kappa shape index (κ2) is 9.50. The number of sulfonamides is 1. The number of nitrogens with zero attached hydrogens (tertiary/aromatic N) is 1. The highest BCUT2D eigenvalue weighted by atomic mass is 32.2. The Labute approximate surface area is 189 Å². The molecule has 0 aromatic heterocycles. The van der Waals surface area contributed by atoms with Gasteiger partial charge in [-0.25, -0.2) is 12.7 Å². The molecule has 0 unspecified atom stereocenters. The van der Waals surface area contributed by atoms with Crippen LogP contribution in [0.4, 0.5) is 0 Å². The number of carbonyl (C=O) groups excluding carboxylic acids is 1. The minimum atomic E-state index is -3.41. The molecule has 7 nitrogen and oxygen atoms in total. The van der Waals surface area contributed by atoms with Gasteiger partial charge in [0.2, 0.25) is 15.9 Å². The average molecular weight is 459 g/mol. The molecule has 0 saturated carbocycles. The fourth-order valence-corrected chi connectivity index (χ4v) is 5.87. The first-order valence-electron chi connectivity index (χ1n) is 11.1. The number of hydrogen-bond donors (Lipinski definition) is 1. The lowest BCUT2D eigenvalue weighted by Crippen LogP contribution is -2.43. The zero-order chi connectivity index (χ0) is 22.7. The number of aryl methyl sites for hydroxylation is 1. The maximum absolute atomic E-state index is 12.9. The van der Waals surface area contributed by atoms with E-state index in [1.54, 1.807) is 0 Å². The predicted octanol–water partition coefficient (Wildman–Crippen LogP) is 3.19. The van der Waals surface area contributed by atoms with Gasteiger partial charge in [0.15, 0.2) is 11.5 Å². The lowest BCUT2D eigenvalue weighted by atomic mass is 9.96. The molecule has 2 aromatic rings. The van der Waals surface area contributed by atoms with E-state index in [0.717, 1.165) is 22.4 Å². The monoisotopic (exact) mass is 458 g/mol. The normalized spacial score (nSPS) is 18.2. The van der Waals surface area contributed by atoms with Gasteiger partial charge in [0.1, 0.15) is 13.2 Å². The van der Waals surface area contributed by atoms with Crippen LogP contribution in [0.1, 0.15) is 42.5 Å². The van der Waals surface area contributed by atoms with Gasteiger partial charge < -0.3 is 14.8 Å². The summed E-state index contributed by atoms with van der Waals surface area (Å²) >= 11 is 0. The van der Waals surface area contributed by atoms with Crippen LogP contribution in [0, 0.1) is 12.8 Å². The fourth-order valence-electron chi connectivity index (χ4n) is 4.20. The number of benzene rings is 2. The summed E-state index contributed by atoms with van der Waals surface area (Å²) in [7, 11) is -3.41. The van der Waals surface area contributed by atoms with Crippen LogP contribution in [-0.4, -0.2) is 44.9 Å². The number of carbonyl (C=O) groups is 1. The van der Waals surface area contributed by atoms with Gasteiger partial charge in [-0.2, -0.15) is 0 Å². The van der Waals surface area contributed by atoms with Crippen LogP contribution in [0.25, 0.3) is 0 Å². The van der Waals surface area contributed by atoms with Crippen LogP contribution >= 0.6 is 0 Å². The molecule has 8 heteroatoms. The number of nitrogens with one attached hydrogen (secondary N) is 1. The van der Waals surface area contributed by atoms with Gasteiger partial charge in [-0.1, -0.05) is 30.3 Å². The molecule has 0 bridgehead atoms. The molecule has 1 saturated heterocycles. The SMILES string of the molecule is Cc1ccccc1CS(=O)(=O)N1CCC(C(=O)N[C@H](C)c2ccc3c(c2)OCCO3)CC1. The highest BCUT2D eigenvalue weighted by Crippen LogP contribution is 2.33. The van der Waals surface area contributed by atoms with Crippen molar-refractivity contribution in [2.24, 2.45) is 5.92 Å². The summed E-state index contributed by atoms with van der Waals surface area (Å²) in [6.07, 6.45) is 1.04. The molecule has 32 heavy (non-hydrogen) atoms. The van der Waals surface area contributed by atoms with Gasteiger partial charge in [0, 0.05) is 19.0 Å². The Hall–Kier alpha value is -2.58. The summed E-state index contributed by atoms with van der Waals surface area (Å²) in [6.45, 7) is 5.64. The second-order valence-electron chi connectivity index (χ2n) is 8.49. The van der Waals surface area contributed by atoms with Crippen molar-refractivity contribution < 1.29 is 22.7 Å². The Morgan fingerprint density at radius 2 is 1.78 bits per heavy atom. The fraction of sp³-hybridized carbons (Fsp3) is 0.458. The van der Waals surface area contributed by atoms with Crippen LogP contribution in [0.3, 0.4) is 0 Å². The van der Waals surface area contributed by atoms with Crippen LogP contribution < -0.4 is 14.8 Å². The average Bonchev–Trinajstić information content (AvgIpc) is 2.80. The highest BCUT2D eigenvalue weighted by Gasteiger charge is 2.32. The zero-order valence-corrected chi connectivity index (χ0v) is 19.4. The van der Waals surface area contributed by atoms with Crippen molar-refractivity contribution in [1.82, 2.24) is 9.62 Å². The number of hydrogen-bond acceptors (Lipinski definition) is 5. The molecule has 2 aliphatic heterocycles. The predicted molar refractivity (Wildman–Crippen MR) is 122 cm³/mol. The Kier molecular flexibility index (Phi) is 6.71. The summed E-state index contributed by atoms with van der Waals surface area (Å²) in [5.74, 6) is 1.18. The molecule has 1 atom stereocenters. The molecule has 0 aliphatic carbocycles. The van der Waals surface area contributed by atoms with E-state index in [-0.39, 0.29) is 23.6 Å². The molecule has 0 radical (unpaired) electrons. The van der Waals surface area contributed by atoms with Crippen LogP contribution in [-0.2, 0) is 20.6 Å². The van der Waals surface area contributed by atoms with Gasteiger partial charge in [0.25, 0.3) is 0 Å². The minimum absolute atomic E-state index is 0.00230. The summed E-state index contributed by atoms with van der Waals surface area (Å²) in [4.78, 5) is 12.8. The van der Waals surface area contributed by atoms with E-state index >= 15 is 0 Å². The molecule has 172 valence electrons. The number of ether oxygens (including phenoxy) is 2. The molecule has 2 aliphatic rings. The summed E-state index contributed by atoms with van der Waals surface area (Å²) in [5.41, 5.74) is 2.74. The third-order valence-corrected chi connectivity index (χ3v) is 8.07. The summed E-state index contributed by atoms with van der Waals surface area (Å²) in [5, 5.41) is 3.07. The first kappa shape index (κ1) is 22.6. The molecule has 2 heterocycles. The van der Waals surface area contributed by atoms with Crippen molar-refractivity contribution in [3.8, 4) is 11.5 Å². The lowest BCUT2D eigenvalue weighted by molar-refractivity contribution is -0.126. The van der Waals surface area contributed by atoms with Crippen LogP contribution in [0.5, 0.6) is 11.5 Å². The Morgan fingerprint density at radius 1 is 1.09 bits per heavy atom. The summed E-state index contributed by atoms with van der Waals surface area (Å²) < 4.78 is 38.4. The molecule has 1 N–H and O–H groups in total. The maximum atomic E-state index is 12.9. The van der Waals surface area contributed by atoms with Crippen molar-refractivity contribution in [3.63, 3.8) is 0 Å². The van der Waals surface area contributed by atoms with Crippen molar-refractivity contribution in [1.29, 1.82) is 0 Å². The van der Waals surface area contributed by atoms with E-state index < -0.39 is 10.0 Å². The highest BCUT2D eigenvalue weighted by molar-refractivity contribution is 7.88. The van der Waals surface area contributed by atoms with Gasteiger partial charge in [-0.05, 0) is 55.5 Å². The Balaban J connectivity index is 1.32. The zero-order valence-electron chi connectivity index (χ0n) is 18.5. The quantitative estimate of drug-likeness (QED) is 0.719. The third-order valence-electron chi connectivity index (χ3n) is 6.24. The molecular formula is C24H30N2O5S. The number of fused-ring (bicyclic) bond motifs is 1. The Morgan fingerprint density at radius 3 is 2.50 bits per heavy atom. The molecule has 2 aromatic carbocycles. The van der Waals surface area contributed by atoms with Crippen molar-refractivity contribution in [3.05, 3.63) is 59.2 Å². The first-order chi connectivity index (χ1) is 15.3. The topological polar surface area (TPSA) is 84.9 Å². The van der Waals surface area contributed by atoms with E-state index in [2.05, 4.69) is 5.32 Å². The van der Waals surface area contributed by atoms with E-state index in [0.29, 0.717) is 44.9 Å². The van der Waals surface area contributed by atoms with Gasteiger partial charge in [-0.15, -0.1) is 0 Å². The van der Waals surface area contributed by atoms with Gasteiger partial charge in [-0.3, -0.25) is 4.79 Å². The first-order valence-corrected chi connectivity index (χ1v) is 12.7. The van der Waals surface area contributed by atoms with Crippen molar-refractivity contribution in [2.75, 3.05) is 26.3 Å². The third kappa shape index (κ3) is 5.07. The lowest BCUT2D eigenvalue weighted by Gasteiger charge is -2.31. The molecule has 0 spiro atoms. The van der Waals surface area contributed by atoms with E-state index in [9.17, 15) is 13.2 Å². The summed E-state index contributed by atoms with van der Waals surface area (Å²) in [6, 6.07) is 13.1. The van der Waals surface area contributed by atoms with E-state index in [1.165, 1.54) is 4.31 Å². The molecule has 1 amide bonds. The van der Waals surface area contributed by atoms with Gasteiger partial charge >= 0.3 is 0 Å². The standard InChI is InChI=1S/C24H30N2O5S/c1-17-5-3-4-6-21(17)16-32(28,29)26-11-9-19(10-12-26)24(27)25-18(2)20-7-8-22-23(15-20)31-14-13-30-22/h3-8,15,18-19H,9-14,16H2,1-2H3,(H,25,27)/t18-/m1/s1. The van der Waals surface area contributed by atoms with E-state index in [4.69, 9.17) is 9.47 Å². The number of amides is 1. The number of piperidine rings is 1. The molecular weight excluding hydrogens is 428 g/mol. The molecule has 1 fully saturated rings. The van der Waals surface area contributed by atoms with E-state index in [1.807, 2.05) is 56.3 Å². The van der Waals surface area contributed by atoms with Crippen LogP contribution in [0.15, 0.2) is 42.5 Å². The maximum Gasteiger partial charge on any atom is 0.223 e. The molecule has 4 rings (SSSR count). The smallest absolute Gasteiger partial charge is 0.223 e.